The molecule has 112 valence electrons. The van der Waals surface area contributed by atoms with Crippen LogP contribution in [-0.4, -0.2) is 27.1 Å². The Morgan fingerprint density at radius 3 is 2.55 bits per heavy atom. The van der Waals surface area contributed by atoms with Crippen molar-refractivity contribution in [3.8, 4) is 0 Å². The predicted octanol–water partition coefficient (Wildman–Crippen LogP) is 2.91. The van der Waals surface area contributed by atoms with E-state index in [4.69, 9.17) is 11.6 Å². The van der Waals surface area contributed by atoms with E-state index < -0.39 is 9.84 Å². The Morgan fingerprint density at radius 1 is 1.35 bits per heavy atom. The normalized spacial score (nSPS) is 11.7. The smallest absolute Gasteiger partial charge is 0.251 e. The molecule has 20 heavy (non-hydrogen) atoms. The highest BCUT2D eigenvalue weighted by Crippen LogP contribution is 2.22. The summed E-state index contributed by atoms with van der Waals surface area (Å²) in [5.74, 6) is 0.314. The van der Waals surface area contributed by atoms with Crippen molar-refractivity contribution in [2.75, 3.05) is 12.8 Å². The van der Waals surface area contributed by atoms with Gasteiger partial charge in [0, 0.05) is 18.4 Å². The van der Waals surface area contributed by atoms with E-state index in [0.29, 0.717) is 18.0 Å². The first-order valence-electron chi connectivity index (χ1n) is 6.49. The van der Waals surface area contributed by atoms with Crippen molar-refractivity contribution < 1.29 is 13.2 Å². The summed E-state index contributed by atoms with van der Waals surface area (Å²) >= 11 is 5.84. The molecule has 1 rings (SSSR count). The van der Waals surface area contributed by atoms with Crippen LogP contribution < -0.4 is 5.32 Å². The Balaban J connectivity index is 2.75. The van der Waals surface area contributed by atoms with E-state index in [2.05, 4.69) is 19.2 Å². The topological polar surface area (TPSA) is 63.2 Å². The molecular formula is C14H20ClNO3S. The maximum Gasteiger partial charge on any atom is 0.251 e. The molecule has 0 saturated carbocycles. The van der Waals surface area contributed by atoms with E-state index in [1.165, 1.54) is 18.2 Å². The maximum atomic E-state index is 11.9. The Labute approximate surface area is 125 Å². The van der Waals surface area contributed by atoms with Gasteiger partial charge in [0.05, 0.1) is 9.92 Å². The molecule has 0 atom stereocenters. The van der Waals surface area contributed by atoms with Gasteiger partial charge in [-0.1, -0.05) is 25.4 Å². The van der Waals surface area contributed by atoms with Crippen LogP contribution in [0.2, 0.25) is 5.02 Å². The van der Waals surface area contributed by atoms with Gasteiger partial charge in [0.25, 0.3) is 5.91 Å². The zero-order valence-electron chi connectivity index (χ0n) is 11.9. The lowest BCUT2D eigenvalue weighted by Crippen LogP contribution is -2.24. The van der Waals surface area contributed by atoms with E-state index in [-0.39, 0.29) is 15.8 Å². The molecule has 0 spiro atoms. The van der Waals surface area contributed by atoms with Gasteiger partial charge < -0.3 is 5.32 Å². The number of hydrogen-bond donors (Lipinski definition) is 1. The second-order valence-electron chi connectivity index (χ2n) is 5.21. The zero-order valence-corrected chi connectivity index (χ0v) is 13.5. The summed E-state index contributed by atoms with van der Waals surface area (Å²) < 4.78 is 23.1. The molecule has 1 N–H and O–H groups in total. The molecule has 0 fully saturated rings. The summed E-state index contributed by atoms with van der Waals surface area (Å²) in [6.07, 6.45) is 3.00. The highest BCUT2D eigenvalue weighted by atomic mass is 35.5. The van der Waals surface area contributed by atoms with Gasteiger partial charge in [-0.3, -0.25) is 4.79 Å². The third-order valence-corrected chi connectivity index (χ3v) is 4.42. The first-order valence-corrected chi connectivity index (χ1v) is 8.76. The van der Waals surface area contributed by atoms with Gasteiger partial charge in [0.2, 0.25) is 0 Å². The average molecular weight is 318 g/mol. The van der Waals surface area contributed by atoms with Crippen LogP contribution in [0.1, 0.15) is 37.0 Å². The van der Waals surface area contributed by atoms with Crippen LogP contribution in [-0.2, 0) is 9.84 Å². The molecule has 0 heterocycles. The number of carbonyl (C=O) groups excluding carboxylic acids is 1. The summed E-state index contributed by atoms with van der Waals surface area (Å²) in [5.41, 5.74) is 0.305. The van der Waals surface area contributed by atoms with Crippen molar-refractivity contribution in [1.82, 2.24) is 5.32 Å². The van der Waals surface area contributed by atoms with Crippen LogP contribution in [0.5, 0.6) is 0 Å². The molecule has 0 radical (unpaired) electrons. The first kappa shape index (κ1) is 17.0. The molecule has 0 bridgehead atoms. The largest absolute Gasteiger partial charge is 0.352 e. The fraction of sp³-hybridized carbons (Fsp3) is 0.500. The number of nitrogens with one attached hydrogen (secondary N) is 1. The van der Waals surface area contributed by atoms with Gasteiger partial charge in [-0.15, -0.1) is 0 Å². The van der Waals surface area contributed by atoms with Gasteiger partial charge in [0.15, 0.2) is 9.84 Å². The minimum absolute atomic E-state index is 0.0194. The second-order valence-corrected chi connectivity index (χ2v) is 7.60. The number of hydrogen-bond acceptors (Lipinski definition) is 3. The predicted molar refractivity (Wildman–Crippen MR) is 81.0 cm³/mol. The van der Waals surface area contributed by atoms with Crippen LogP contribution in [0.25, 0.3) is 0 Å². The summed E-state index contributed by atoms with van der Waals surface area (Å²) in [7, 11) is -3.44. The third kappa shape index (κ3) is 5.13. The van der Waals surface area contributed by atoms with Gasteiger partial charge in [-0.05, 0) is 37.0 Å². The van der Waals surface area contributed by atoms with E-state index in [0.717, 1.165) is 19.1 Å². The minimum atomic E-state index is -3.44. The first-order chi connectivity index (χ1) is 9.21. The summed E-state index contributed by atoms with van der Waals surface area (Å²) in [4.78, 5) is 11.9. The Kier molecular flexibility index (Phi) is 6.02. The number of sulfone groups is 1. The Hall–Kier alpha value is -1.07. The summed E-state index contributed by atoms with van der Waals surface area (Å²) in [5, 5.41) is 2.90. The van der Waals surface area contributed by atoms with Crippen molar-refractivity contribution in [1.29, 1.82) is 0 Å². The highest BCUT2D eigenvalue weighted by molar-refractivity contribution is 7.90. The lowest BCUT2D eigenvalue weighted by molar-refractivity contribution is 0.0952. The molecule has 1 aromatic rings. The van der Waals surface area contributed by atoms with Crippen molar-refractivity contribution >= 4 is 27.3 Å². The van der Waals surface area contributed by atoms with E-state index in [9.17, 15) is 13.2 Å². The summed E-state index contributed by atoms with van der Waals surface area (Å²) in [6.45, 7) is 4.83. The molecule has 4 nitrogen and oxygen atoms in total. The van der Waals surface area contributed by atoms with Crippen molar-refractivity contribution in [2.24, 2.45) is 5.92 Å². The van der Waals surface area contributed by atoms with Crippen molar-refractivity contribution in [3.63, 3.8) is 0 Å². The average Bonchev–Trinajstić information content (AvgIpc) is 2.33. The van der Waals surface area contributed by atoms with E-state index in [1.807, 2.05) is 0 Å². The van der Waals surface area contributed by atoms with Crippen LogP contribution in [0.3, 0.4) is 0 Å². The Bertz CT molecular complexity index is 582. The SMILES string of the molecule is CC(C)CCCNC(=O)c1ccc(Cl)c(S(C)(=O)=O)c1. The van der Waals surface area contributed by atoms with Gasteiger partial charge >= 0.3 is 0 Å². The summed E-state index contributed by atoms with van der Waals surface area (Å²) in [6, 6.07) is 4.27. The highest BCUT2D eigenvalue weighted by Gasteiger charge is 2.15. The molecule has 0 unspecified atom stereocenters. The molecule has 0 saturated heterocycles. The van der Waals surface area contributed by atoms with Gasteiger partial charge in [-0.2, -0.15) is 0 Å². The molecule has 0 aliphatic carbocycles. The molecule has 6 heteroatoms. The van der Waals surface area contributed by atoms with Crippen LogP contribution >= 0.6 is 11.6 Å². The number of halogens is 1. The van der Waals surface area contributed by atoms with Crippen LogP contribution in [0.15, 0.2) is 23.1 Å². The third-order valence-electron chi connectivity index (χ3n) is 2.84. The fourth-order valence-corrected chi connectivity index (χ4v) is 3.04. The van der Waals surface area contributed by atoms with Gasteiger partial charge in [0.1, 0.15) is 0 Å². The number of amides is 1. The number of benzene rings is 1. The number of rotatable bonds is 6. The molecule has 0 aromatic heterocycles. The zero-order chi connectivity index (χ0) is 15.3. The monoisotopic (exact) mass is 317 g/mol. The molecule has 1 aromatic carbocycles. The molecule has 0 aliphatic rings. The lowest BCUT2D eigenvalue weighted by Gasteiger charge is -2.08. The Morgan fingerprint density at radius 2 is 2.00 bits per heavy atom. The quantitative estimate of drug-likeness (QED) is 0.820. The second kappa shape index (κ2) is 7.09. The molecule has 0 aliphatic heterocycles. The number of carbonyl (C=O) groups is 1. The van der Waals surface area contributed by atoms with Crippen LogP contribution in [0, 0.1) is 5.92 Å². The fourth-order valence-electron chi connectivity index (χ4n) is 1.74. The molecule has 1 amide bonds. The maximum absolute atomic E-state index is 11.9. The molecular weight excluding hydrogens is 298 g/mol. The van der Waals surface area contributed by atoms with Crippen LogP contribution in [0.4, 0.5) is 0 Å². The van der Waals surface area contributed by atoms with Crippen molar-refractivity contribution in [3.05, 3.63) is 28.8 Å². The van der Waals surface area contributed by atoms with Crippen molar-refractivity contribution in [2.45, 2.75) is 31.6 Å². The standard InChI is InChI=1S/C14H20ClNO3S/c1-10(2)5-4-8-16-14(17)11-6-7-12(15)13(9-11)20(3,18)19/h6-7,9-10H,4-5,8H2,1-3H3,(H,16,17). The van der Waals surface area contributed by atoms with E-state index in [1.54, 1.807) is 0 Å². The minimum Gasteiger partial charge on any atom is -0.352 e. The van der Waals surface area contributed by atoms with E-state index >= 15 is 0 Å². The van der Waals surface area contributed by atoms with Gasteiger partial charge in [-0.25, -0.2) is 8.42 Å². The lowest BCUT2D eigenvalue weighted by atomic mass is 10.1.